The molecule has 0 unspecified atom stereocenters. The zero-order valence-corrected chi connectivity index (χ0v) is 23.9. The molecule has 2 atom stereocenters. The van der Waals surface area contributed by atoms with Crippen molar-refractivity contribution in [3.05, 3.63) is 70.7 Å². The van der Waals surface area contributed by atoms with E-state index in [1.54, 1.807) is 19.2 Å². The van der Waals surface area contributed by atoms with Gasteiger partial charge in [-0.25, -0.2) is 8.42 Å². The van der Waals surface area contributed by atoms with Crippen molar-refractivity contribution in [2.75, 3.05) is 26.7 Å². The summed E-state index contributed by atoms with van der Waals surface area (Å²) in [5.41, 5.74) is 1.60. The standard InChI is InChI=1S/C26H39ClN2O3SSi/c1-26(2,3)34(5,6)32-23-16-17-29(18-23)19-25(21-12-8-7-9-13-21)28(4)33(30,31)20-22-14-10-11-15-24(22)27/h7-15,23,25H,16-20H2,1-6H3/t23-,25+/m0/s1. The first kappa shape index (κ1) is 27.4. The van der Waals surface area contributed by atoms with E-state index in [0.29, 0.717) is 17.1 Å². The van der Waals surface area contributed by atoms with Crippen LogP contribution in [0.25, 0.3) is 0 Å². The summed E-state index contributed by atoms with van der Waals surface area (Å²) in [6.45, 7) is 13.7. The fourth-order valence-electron chi connectivity index (χ4n) is 4.11. The van der Waals surface area contributed by atoms with Gasteiger partial charge in [-0.3, -0.25) is 4.90 Å². The van der Waals surface area contributed by atoms with Crippen molar-refractivity contribution >= 4 is 29.9 Å². The lowest BCUT2D eigenvalue weighted by molar-refractivity contribution is 0.171. The number of halogens is 1. The van der Waals surface area contributed by atoms with Gasteiger partial charge in [-0.1, -0.05) is 80.9 Å². The Hall–Kier alpha value is -1.22. The highest BCUT2D eigenvalue weighted by Gasteiger charge is 2.41. The van der Waals surface area contributed by atoms with Crippen LogP contribution in [0.15, 0.2) is 54.6 Å². The maximum absolute atomic E-state index is 13.4. The molecule has 5 nitrogen and oxygen atoms in total. The Morgan fingerprint density at radius 3 is 2.35 bits per heavy atom. The molecule has 0 saturated carbocycles. The lowest BCUT2D eigenvalue weighted by Crippen LogP contribution is -2.45. The van der Waals surface area contributed by atoms with E-state index >= 15 is 0 Å². The van der Waals surface area contributed by atoms with Crippen molar-refractivity contribution in [3.8, 4) is 0 Å². The summed E-state index contributed by atoms with van der Waals surface area (Å²) in [6, 6.07) is 16.7. The average molecular weight is 523 g/mol. The van der Waals surface area contributed by atoms with Gasteiger partial charge in [0, 0.05) is 31.7 Å². The lowest BCUT2D eigenvalue weighted by Gasteiger charge is -2.38. The maximum Gasteiger partial charge on any atom is 0.218 e. The number of likely N-dealkylation sites (N-methyl/N-ethyl adjacent to an activating group) is 1. The summed E-state index contributed by atoms with van der Waals surface area (Å²) in [5.74, 6) is -0.121. The lowest BCUT2D eigenvalue weighted by atomic mass is 10.1. The van der Waals surface area contributed by atoms with Crippen molar-refractivity contribution < 1.29 is 12.8 Å². The van der Waals surface area contributed by atoms with Crippen LogP contribution in [0.2, 0.25) is 23.2 Å². The first-order valence-electron chi connectivity index (χ1n) is 11.9. The quantitative estimate of drug-likeness (QED) is 0.382. The van der Waals surface area contributed by atoms with Crippen molar-refractivity contribution in [2.45, 2.75) is 63.2 Å². The predicted octanol–water partition coefficient (Wildman–Crippen LogP) is 5.94. The minimum Gasteiger partial charge on any atom is -0.413 e. The van der Waals surface area contributed by atoms with Crippen molar-refractivity contribution in [3.63, 3.8) is 0 Å². The Morgan fingerprint density at radius 1 is 1.12 bits per heavy atom. The molecular weight excluding hydrogens is 484 g/mol. The van der Waals surface area contributed by atoms with Gasteiger partial charge in [0.25, 0.3) is 0 Å². The van der Waals surface area contributed by atoms with Crippen LogP contribution in [-0.4, -0.2) is 58.7 Å². The molecule has 0 bridgehead atoms. The molecule has 1 fully saturated rings. The Kier molecular flexibility index (Phi) is 8.70. The van der Waals surface area contributed by atoms with Gasteiger partial charge in [0.1, 0.15) is 0 Å². The van der Waals surface area contributed by atoms with E-state index in [2.05, 4.69) is 38.8 Å². The minimum absolute atomic E-state index is 0.121. The van der Waals surface area contributed by atoms with Crippen LogP contribution in [0.4, 0.5) is 0 Å². The Bertz CT molecular complexity index is 1060. The molecule has 0 aromatic heterocycles. The zero-order chi connectivity index (χ0) is 25.1. The highest BCUT2D eigenvalue weighted by Crippen LogP contribution is 2.38. The first-order valence-corrected chi connectivity index (χ1v) is 16.8. The van der Waals surface area contributed by atoms with Gasteiger partial charge in [-0.05, 0) is 41.7 Å². The average Bonchev–Trinajstić information content (AvgIpc) is 3.19. The molecule has 1 aliphatic heterocycles. The molecule has 3 rings (SSSR count). The van der Waals surface area contributed by atoms with Crippen LogP contribution in [0, 0.1) is 0 Å². The summed E-state index contributed by atoms with van der Waals surface area (Å²) >= 11 is 6.27. The van der Waals surface area contributed by atoms with Crippen LogP contribution in [0.1, 0.15) is 44.4 Å². The fraction of sp³-hybridized carbons (Fsp3) is 0.538. The molecule has 0 spiro atoms. The summed E-state index contributed by atoms with van der Waals surface area (Å²) in [5, 5.41) is 0.640. The zero-order valence-electron chi connectivity index (χ0n) is 21.3. The van der Waals surface area contributed by atoms with Gasteiger partial charge in [0.15, 0.2) is 8.32 Å². The molecule has 188 valence electrons. The molecule has 0 N–H and O–H groups in total. The SMILES string of the molecule is CN([C@H](CN1CC[C@H](O[Si](C)(C)C(C)(C)C)C1)c1ccccc1)S(=O)(=O)Cc1ccccc1Cl. The highest BCUT2D eigenvalue weighted by molar-refractivity contribution is 7.88. The molecule has 0 radical (unpaired) electrons. The normalized spacial score (nSPS) is 19.0. The minimum atomic E-state index is -3.59. The Balaban J connectivity index is 1.77. The van der Waals surface area contributed by atoms with Crippen molar-refractivity contribution in [1.82, 2.24) is 9.21 Å². The molecule has 2 aromatic carbocycles. The van der Waals surface area contributed by atoms with Gasteiger partial charge in [-0.15, -0.1) is 0 Å². The first-order chi connectivity index (χ1) is 15.8. The third-order valence-electron chi connectivity index (χ3n) is 7.29. The second kappa shape index (κ2) is 10.8. The van der Waals surface area contributed by atoms with E-state index < -0.39 is 18.3 Å². The smallest absolute Gasteiger partial charge is 0.218 e. The van der Waals surface area contributed by atoms with E-state index in [1.807, 2.05) is 42.5 Å². The second-order valence-electron chi connectivity index (χ2n) is 10.8. The van der Waals surface area contributed by atoms with Crippen molar-refractivity contribution in [1.29, 1.82) is 0 Å². The Labute approximate surface area is 212 Å². The summed E-state index contributed by atoms with van der Waals surface area (Å²) < 4.78 is 35.0. The van der Waals surface area contributed by atoms with Crippen LogP contribution >= 0.6 is 11.6 Å². The van der Waals surface area contributed by atoms with E-state index in [0.717, 1.165) is 25.1 Å². The summed E-state index contributed by atoms with van der Waals surface area (Å²) in [4.78, 5) is 2.34. The van der Waals surface area contributed by atoms with E-state index in [4.69, 9.17) is 16.0 Å². The molecule has 0 amide bonds. The van der Waals surface area contributed by atoms with Crippen LogP contribution < -0.4 is 0 Å². The summed E-state index contributed by atoms with van der Waals surface area (Å²) in [6.07, 6.45) is 1.17. The van der Waals surface area contributed by atoms with E-state index in [1.165, 1.54) is 4.31 Å². The number of hydrogen-bond donors (Lipinski definition) is 0. The maximum atomic E-state index is 13.4. The summed E-state index contributed by atoms with van der Waals surface area (Å²) in [7, 11) is -3.75. The van der Waals surface area contributed by atoms with Gasteiger partial charge in [0.2, 0.25) is 10.0 Å². The number of sulfonamides is 1. The van der Waals surface area contributed by atoms with E-state index in [-0.39, 0.29) is 22.9 Å². The van der Waals surface area contributed by atoms with Crippen LogP contribution in [0.3, 0.4) is 0 Å². The van der Waals surface area contributed by atoms with Gasteiger partial charge >= 0.3 is 0 Å². The molecule has 0 aliphatic carbocycles. The van der Waals surface area contributed by atoms with E-state index in [9.17, 15) is 8.42 Å². The number of likely N-dealkylation sites (tertiary alicyclic amines) is 1. The number of rotatable bonds is 9. The van der Waals surface area contributed by atoms with Gasteiger partial charge in [0.05, 0.1) is 17.9 Å². The molecule has 1 heterocycles. The third-order valence-corrected chi connectivity index (χ3v) is 14.0. The topological polar surface area (TPSA) is 49.9 Å². The molecule has 2 aromatic rings. The van der Waals surface area contributed by atoms with Gasteiger partial charge in [-0.2, -0.15) is 4.31 Å². The monoisotopic (exact) mass is 522 g/mol. The third kappa shape index (κ3) is 6.71. The number of nitrogens with zero attached hydrogens (tertiary/aromatic N) is 2. The molecular formula is C26H39ClN2O3SSi. The van der Waals surface area contributed by atoms with Crippen LogP contribution in [-0.2, 0) is 20.2 Å². The molecule has 34 heavy (non-hydrogen) atoms. The fourth-order valence-corrected chi connectivity index (χ4v) is 7.20. The predicted molar refractivity (Wildman–Crippen MR) is 144 cm³/mol. The van der Waals surface area contributed by atoms with Crippen molar-refractivity contribution in [2.24, 2.45) is 0 Å². The largest absolute Gasteiger partial charge is 0.413 e. The number of benzene rings is 2. The van der Waals surface area contributed by atoms with Crippen LogP contribution in [0.5, 0.6) is 0 Å². The highest BCUT2D eigenvalue weighted by atomic mass is 35.5. The Morgan fingerprint density at radius 2 is 1.74 bits per heavy atom. The number of hydrogen-bond acceptors (Lipinski definition) is 4. The molecule has 1 saturated heterocycles. The van der Waals surface area contributed by atoms with Gasteiger partial charge < -0.3 is 4.43 Å². The molecule has 1 aliphatic rings. The molecule has 8 heteroatoms. The second-order valence-corrected chi connectivity index (χ2v) is 18.0.